The summed E-state index contributed by atoms with van der Waals surface area (Å²) in [5.74, 6) is -1.00. The molecule has 0 radical (unpaired) electrons. The number of nitrogens with zero attached hydrogens (tertiary/aromatic N) is 1. The minimum atomic E-state index is -3.99. The first-order valence-electron chi connectivity index (χ1n) is 10.5. The minimum Gasteiger partial charge on any atom is -0.370 e. The van der Waals surface area contributed by atoms with Crippen LogP contribution in [0, 0.1) is 5.82 Å². The first-order chi connectivity index (χ1) is 15.4. The predicted molar refractivity (Wildman–Crippen MR) is 124 cm³/mol. The third-order valence-corrected chi connectivity index (χ3v) is 6.78. The topological polar surface area (TPSA) is 78.5 Å². The number of para-hydroxylation sites is 3. The zero-order valence-corrected chi connectivity index (χ0v) is 18.2. The van der Waals surface area contributed by atoms with Crippen molar-refractivity contribution in [1.29, 1.82) is 0 Å². The Morgan fingerprint density at radius 2 is 1.44 bits per heavy atom. The van der Waals surface area contributed by atoms with Crippen molar-refractivity contribution in [2.45, 2.75) is 24.2 Å². The van der Waals surface area contributed by atoms with Crippen LogP contribution in [0.4, 0.5) is 21.5 Å². The second-order valence-corrected chi connectivity index (χ2v) is 9.31. The van der Waals surface area contributed by atoms with E-state index in [-0.39, 0.29) is 16.5 Å². The van der Waals surface area contributed by atoms with E-state index in [0.717, 1.165) is 37.3 Å². The second-order valence-electron chi connectivity index (χ2n) is 7.63. The van der Waals surface area contributed by atoms with E-state index in [9.17, 15) is 17.6 Å². The van der Waals surface area contributed by atoms with Crippen LogP contribution in [0.25, 0.3) is 0 Å². The van der Waals surface area contributed by atoms with E-state index in [2.05, 4.69) is 14.9 Å². The average molecular weight is 454 g/mol. The van der Waals surface area contributed by atoms with Crippen LogP contribution in [0.1, 0.15) is 29.6 Å². The van der Waals surface area contributed by atoms with Crippen molar-refractivity contribution < 1.29 is 17.6 Å². The van der Waals surface area contributed by atoms with Crippen LogP contribution in [0.2, 0.25) is 0 Å². The summed E-state index contributed by atoms with van der Waals surface area (Å²) in [5.41, 5.74) is 1.89. The van der Waals surface area contributed by atoms with Gasteiger partial charge in [-0.15, -0.1) is 0 Å². The number of carbonyl (C=O) groups is 1. The van der Waals surface area contributed by atoms with Gasteiger partial charge in [0.15, 0.2) is 0 Å². The average Bonchev–Trinajstić information content (AvgIpc) is 2.81. The third-order valence-electron chi connectivity index (χ3n) is 5.39. The molecule has 4 rings (SSSR count). The van der Waals surface area contributed by atoms with E-state index in [0.29, 0.717) is 5.56 Å². The Bertz CT molecular complexity index is 1210. The van der Waals surface area contributed by atoms with Crippen molar-refractivity contribution in [2.24, 2.45) is 0 Å². The highest BCUT2D eigenvalue weighted by Crippen LogP contribution is 2.29. The summed E-state index contributed by atoms with van der Waals surface area (Å²) >= 11 is 0. The first-order valence-corrected chi connectivity index (χ1v) is 11.9. The lowest BCUT2D eigenvalue weighted by atomic mass is 10.1. The van der Waals surface area contributed by atoms with Gasteiger partial charge in [0, 0.05) is 18.7 Å². The van der Waals surface area contributed by atoms with Crippen molar-refractivity contribution in [3.8, 4) is 0 Å². The molecule has 2 N–H and O–H groups in total. The Kier molecular flexibility index (Phi) is 6.41. The van der Waals surface area contributed by atoms with E-state index in [1.807, 2.05) is 24.3 Å². The minimum absolute atomic E-state index is 0.0639. The molecule has 1 aliphatic rings. The molecule has 1 amide bonds. The molecule has 166 valence electrons. The lowest BCUT2D eigenvalue weighted by molar-refractivity contribution is 0.102. The van der Waals surface area contributed by atoms with Gasteiger partial charge in [-0.05, 0) is 67.8 Å². The van der Waals surface area contributed by atoms with E-state index < -0.39 is 15.8 Å². The molecule has 0 atom stereocenters. The van der Waals surface area contributed by atoms with Crippen LogP contribution in [0.15, 0.2) is 77.7 Å². The largest absolute Gasteiger partial charge is 0.370 e. The Morgan fingerprint density at radius 3 is 2.12 bits per heavy atom. The first kappa shape index (κ1) is 21.8. The molecule has 0 saturated carbocycles. The second kappa shape index (κ2) is 9.40. The van der Waals surface area contributed by atoms with Gasteiger partial charge >= 0.3 is 0 Å². The lowest BCUT2D eigenvalue weighted by Crippen LogP contribution is -2.30. The van der Waals surface area contributed by atoms with Gasteiger partial charge in [0.1, 0.15) is 5.82 Å². The maximum atomic E-state index is 13.8. The Morgan fingerprint density at radius 1 is 0.812 bits per heavy atom. The fourth-order valence-corrected chi connectivity index (χ4v) is 4.78. The van der Waals surface area contributed by atoms with Crippen molar-refractivity contribution >= 4 is 33.0 Å². The SMILES string of the molecule is O=C(Nc1ccccc1N1CCCCC1)c1ccc(S(=O)(=O)Nc2ccccc2F)cc1. The van der Waals surface area contributed by atoms with Crippen LogP contribution in [0.5, 0.6) is 0 Å². The zero-order valence-electron chi connectivity index (χ0n) is 17.4. The molecular weight excluding hydrogens is 429 g/mol. The number of hydrogen-bond acceptors (Lipinski definition) is 4. The highest BCUT2D eigenvalue weighted by Gasteiger charge is 2.19. The smallest absolute Gasteiger partial charge is 0.261 e. The van der Waals surface area contributed by atoms with Crippen LogP contribution >= 0.6 is 0 Å². The van der Waals surface area contributed by atoms with Gasteiger partial charge < -0.3 is 10.2 Å². The molecule has 1 aliphatic heterocycles. The maximum absolute atomic E-state index is 13.8. The number of nitrogens with one attached hydrogen (secondary N) is 2. The lowest BCUT2D eigenvalue weighted by Gasteiger charge is -2.30. The number of benzene rings is 3. The number of amides is 1. The Labute approximate surface area is 187 Å². The highest BCUT2D eigenvalue weighted by atomic mass is 32.2. The molecule has 0 aliphatic carbocycles. The maximum Gasteiger partial charge on any atom is 0.261 e. The number of sulfonamides is 1. The van der Waals surface area contributed by atoms with Gasteiger partial charge in [0.05, 0.1) is 22.0 Å². The van der Waals surface area contributed by atoms with Crippen molar-refractivity contribution in [2.75, 3.05) is 28.0 Å². The fourth-order valence-electron chi connectivity index (χ4n) is 3.72. The Hall–Kier alpha value is -3.39. The number of rotatable bonds is 6. The molecule has 6 nitrogen and oxygen atoms in total. The number of hydrogen-bond donors (Lipinski definition) is 2. The molecule has 0 bridgehead atoms. The molecule has 8 heteroatoms. The standard InChI is InChI=1S/C24H24FN3O3S/c25-20-8-2-3-9-21(20)27-32(30,31)19-14-12-18(13-15-19)24(29)26-22-10-4-5-11-23(22)28-16-6-1-7-17-28/h2-5,8-15,27H,1,6-7,16-17H2,(H,26,29). The normalized spacial score (nSPS) is 14.1. The Balaban J connectivity index is 1.49. The number of anilines is 3. The molecule has 3 aromatic carbocycles. The molecule has 1 fully saturated rings. The zero-order chi connectivity index (χ0) is 22.6. The summed E-state index contributed by atoms with van der Waals surface area (Å²) in [6, 6.07) is 18.7. The quantitative estimate of drug-likeness (QED) is 0.558. The van der Waals surface area contributed by atoms with Gasteiger partial charge in [-0.1, -0.05) is 24.3 Å². The number of halogens is 1. The summed E-state index contributed by atoms with van der Waals surface area (Å²) < 4.78 is 41.1. The molecule has 0 unspecified atom stereocenters. The highest BCUT2D eigenvalue weighted by molar-refractivity contribution is 7.92. The van der Waals surface area contributed by atoms with E-state index in [1.54, 1.807) is 0 Å². The van der Waals surface area contributed by atoms with Crippen molar-refractivity contribution in [3.05, 3.63) is 84.2 Å². The molecule has 0 spiro atoms. The molecule has 1 saturated heterocycles. The predicted octanol–water partition coefficient (Wildman–Crippen LogP) is 4.87. The van der Waals surface area contributed by atoms with E-state index in [4.69, 9.17) is 0 Å². The van der Waals surface area contributed by atoms with Gasteiger partial charge in [0.2, 0.25) is 0 Å². The molecule has 1 heterocycles. The molecular formula is C24H24FN3O3S. The van der Waals surface area contributed by atoms with Gasteiger partial charge in [-0.3, -0.25) is 9.52 Å². The van der Waals surface area contributed by atoms with E-state index >= 15 is 0 Å². The fraction of sp³-hybridized carbons (Fsp3) is 0.208. The summed E-state index contributed by atoms with van der Waals surface area (Å²) in [4.78, 5) is 15.0. The summed E-state index contributed by atoms with van der Waals surface area (Å²) in [6.07, 6.45) is 3.46. The molecule has 3 aromatic rings. The van der Waals surface area contributed by atoms with Crippen LogP contribution < -0.4 is 14.9 Å². The number of piperidine rings is 1. The van der Waals surface area contributed by atoms with Gasteiger partial charge in [0.25, 0.3) is 15.9 Å². The number of carbonyl (C=O) groups excluding carboxylic acids is 1. The third kappa shape index (κ3) is 4.91. The van der Waals surface area contributed by atoms with Crippen LogP contribution in [-0.4, -0.2) is 27.4 Å². The molecule has 32 heavy (non-hydrogen) atoms. The van der Waals surface area contributed by atoms with Crippen LogP contribution in [0.3, 0.4) is 0 Å². The van der Waals surface area contributed by atoms with Crippen molar-refractivity contribution in [1.82, 2.24) is 0 Å². The summed E-state index contributed by atoms with van der Waals surface area (Å²) in [7, 11) is -3.99. The van der Waals surface area contributed by atoms with Crippen LogP contribution in [-0.2, 0) is 10.0 Å². The van der Waals surface area contributed by atoms with Gasteiger partial charge in [-0.25, -0.2) is 12.8 Å². The van der Waals surface area contributed by atoms with E-state index in [1.165, 1.54) is 55.0 Å². The summed E-state index contributed by atoms with van der Waals surface area (Å²) in [6.45, 7) is 1.91. The molecule has 0 aromatic heterocycles. The summed E-state index contributed by atoms with van der Waals surface area (Å²) in [5, 5.41) is 2.93. The van der Waals surface area contributed by atoms with Gasteiger partial charge in [-0.2, -0.15) is 0 Å². The van der Waals surface area contributed by atoms with Crippen molar-refractivity contribution in [3.63, 3.8) is 0 Å². The monoisotopic (exact) mass is 453 g/mol.